The number of nitrogens with one attached hydrogen (secondary N) is 2. The minimum absolute atomic E-state index is 0.237. The summed E-state index contributed by atoms with van der Waals surface area (Å²) in [5, 5.41) is 15.9. The van der Waals surface area contributed by atoms with Crippen molar-refractivity contribution in [2.45, 2.75) is 63.1 Å². The summed E-state index contributed by atoms with van der Waals surface area (Å²) in [6.45, 7) is 2.89. The number of nitriles is 1. The minimum atomic E-state index is -1.13. The maximum Gasteiger partial charge on any atom is 0.318 e. The van der Waals surface area contributed by atoms with Crippen LogP contribution < -0.4 is 10.6 Å². The summed E-state index contributed by atoms with van der Waals surface area (Å²) in [6.07, 6.45) is 6.41. The van der Waals surface area contributed by atoms with E-state index in [4.69, 9.17) is 4.74 Å². The second kappa shape index (κ2) is 12.0. The van der Waals surface area contributed by atoms with Gasteiger partial charge in [-0.3, -0.25) is 9.69 Å². The Labute approximate surface area is 210 Å². The van der Waals surface area contributed by atoms with Crippen molar-refractivity contribution in [3.63, 3.8) is 0 Å². The predicted octanol–water partition coefficient (Wildman–Crippen LogP) is 2.93. The molecule has 4 rings (SSSR count). The Hall–Kier alpha value is -2.77. The van der Waals surface area contributed by atoms with Crippen molar-refractivity contribution < 1.29 is 23.1 Å². The number of carbonyl (C=O) groups is 2. The van der Waals surface area contributed by atoms with Crippen LogP contribution in [0, 0.1) is 28.9 Å². The van der Waals surface area contributed by atoms with Gasteiger partial charge >= 0.3 is 6.03 Å². The zero-order valence-corrected chi connectivity index (χ0v) is 20.6. The first-order valence-corrected chi connectivity index (χ1v) is 12.9. The van der Waals surface area contributed by atoms with E-state index in [2.05, 4.69) is 16.7 Å². The lowest BCUT2D eigenvalue weighted by molar-refractivity contribution is -0.124. The van der Waals surface area contributed by atoms with Gasteiger partial charge in [0.15, 0.2) is 0 Å². The smallest absolute Gasteiger partial charge is 0.318 e. The molecule has 0 spiro atoms. The third kappa shape index (κ3) is 6.92. The van der Waals surface area contributed by atoms with E-state index in [1.165, 1.54) is 18.6 Å². The molecule has 1 aliphatic carbocycles. The van der Waals surface area contributed by atoms with E-state index in [-0.39, 0.29) is 25.0 Å². The van der Waals surface area contributed by atoms with E-state index in [1.807, 2.05) is 4.90 Å². The van der Waals surface area contributed by atoms with Crippen LogP contribution in [0.2, 0.25) is 0 Å². The highest BCUT2D eigenvalue weighted by Crippen LogP contribution is 2.28. The lowest BCUT2D eigenvalue weighted by atomic mass is 9.84. The standard InChI is InChI=1S/C26H35F2N5O3/c27-21-12-20(13-22(28)15-21)16-32-7-6-26(17-29,18-32)31-24(34)23(14-19-4-2-1-3-5-19)30-25(35)33-8-10-36-11-9-33/h12-13,15,19,23H,1-11,14,16,18H2,(H,30,35)(H,31,34). The van der Waals surface area contributed by atoms with Gasteiger partial charge in [0.05, 0.1) is 19.3 Å². The van der Waals surface area contributed by atoms with E-state index in [0.717, 1.165) is 31.7 Å². The SMILES string of the molecule is N#CC1(NC(=O)C(CC2CCCCC2)NC(=O)N2CCOCC2)CCN(Cc2cc(F)cc(F)c2)C1. The van der Waals surface area contributed by atoms with Gasteiger partial charge in [0, 0.05) is 38.8 Å². The van der Waals surface area contributed by atoms with Gasteiger partial charge in [0.1, 0.15) is 23.2 Å². The highest BCUT2D eigenvalue weighted by Gasteiger charge is 2.41. The second-order valence-corrected chi connectivity index (χ2v) is 10.3. The average molecular weight is 504 g/mol. The Morgan fingerprint density at radius 1 is 1.11 bits per heavy atom. The number of rotatable bonds is 7. The molecule has 2 atom stereocenters. The van der Waals surface area contributed by atoms with Gasteiger partial charge in [-0.25, -0.2) is 13.6 Å². The van der Waals surface area contributed by atoms with Crippen molar-refractivity contribution in [2.24, 2.45) is 5.92 Å². The number of likely N-dealkylation sites (tertiary alicyclic amines) is 1. The van der Waals surface area contributed by atoms with Gasteiger partial charge in [-0.1, -0.05) is 32.1 Å². The van der Waals surface area contributed by atoms with E-state index >= 15 is 0 Å². The zero-order valence-electron chi connectivity index (χ0n) is 20.6. The van der Waals surface area contributed by atoms with Crippen molar-refractivity contribution in [3.05, 3.63) is 35.4 Å². The Morgan fingerprint density at radius 2 is 1.81 bits per heavy atom. The first-order chi connectivity index (χ1) is 17.4. The normalized spacial score (nSPS) is 24.2. The monoisotopic (exact) mass is 503 g/mol. The number of ether oxygens (including phenoxy) is 1. The summed E-state index contributed by atoms with van der Waals surface area (Å²) in [4.78, 5) is 29.9. The van der Waals surface area contributed by atoms with Gasteiger partial charge < -0.3 is 20.3 Å². The number of carbonyl (C=O) groups excluding carboxylic acids is 2. The molecular formula is C26H35F2N5O3. The van der Waals surface area contributed by atoms with Gasteiger partial charge in [-0.15, -0.1) is 0 Å². The van der Waals surface area contributed by atoms with Crippen LogP contribution in [0.15, 0.2) is 18.2 Å². The molecule has 3 amide bonds. The number of nitrogens with zero attached hydrogens (tertiary/aromatic N) is 3. The highest BCUT2D eigenvalue weighted by molar-refractivity contribution is 5.88. The Morgan fingerprint density at radius 3 is 2.47 bits per heavy atom. The van der Waals surface area contributed by atoms with Crippen molar-refractivity contribution in [1.29, 1.82) is 5.26 Å². The number of amides is 3. The third-order valence-electron chi connectivity index (χ3n) is 7.46. The number of hydrogen-bond acceptors (Lipinski definition) is 5. The lowest BCUT2D eigenvalue weighted by Gasteiger charge is -2.32. The van der Waals surface area contributed by atoms with Gasteiger partial charge in [-0.05, 0) is 36.5 Å². The molecule has 1 aromatic rings. The van der Waals surface area contributed by atoms with Crippen LogP contribution in [-0.4, -0.2) is 72.7 Å². The van der Waals surface area contributed by atoms with E-state index in [0.29, 0.717) is 57.2 Å². The predicted molar refractivity (Wildman–Crippen MR) is 129 cm³/mol. The van der Waals surface area contributed by atoms with Crippen LogP contribution in [0.25, 0.3) is 0 Å². The number of morpholine rings is 1. The van der Waals surface area contributed by atoms with E-state index in [1.54, 1.807) is 4.90 Å². The average Bonchev–Trinajstić information content (AvgIpc) is 3.26. The van der Waals surface area contributed by atoms with Crippen molar-refractivity contribution >= 4 is 11.9 Å². The molecule has 2 saturated heterocycles. The molecule has 10 heteroatoms. The summed E-state index contributed by atoms with van der Waals surface area (Å²) >= 11 is 0. The zero-order chi connectivity index (χ0) is 25.5. The van der Waals surface area contributed by atoms with Crippen LogP contribution in [0.5, 0.6) is 0 Å². The quantitative estimate of drug-likeness (QED) is 0.596. The van der Waals surface area contributed by atoms with Crippen molar-refractivity contribution in [2.75, 3.05) is 39.4 Å². The van der Waals surface area contributed by atoms with Crippen LogP contribution in [0.3, 0.4) is 0 Å². The molecule has 3 aliphatic rings. The summed E-state index contributed by atoms with van der Waals surface area (Å²) < 4.78 is 32.5. The fourth-order valence-corrected chi connectivity index (χ4v) is 5.52. The minimum Gasteiger partial charge on any atom is -0.378 e. The van der Waals surface area contributed by atoms with E-state index < -0.39 is 23.2 Å². The molecular weight excluding hydrogens is 468 g/mol. The second-order valence-electron chi connectivity index (χ2n) is 10.3. The molecule has 2 N–H and O–H groups in total. The Balaban J connectivity index is 1.41. The topological polar surface area (TPSA) is 97.7 Å². The molecule has 0 bridgehead atoms. The molecule has 8 nitrogen and oxygen atoms in total. The molecule has 2 aliphatic heterocycles. The molecule has 1 aromatic carbocycles. The van der Waals surface area contributed by atoms with Crippen LogP contribution >= 0.6 is 0 Å². The van der Waals surface area contributed by atoms with Crippen LogP contribution in [0.1, 0.15) is 50.5 Å². The molecule has 3 fully saturated rings. The number of urea groups is 1. The summed E-state index contributed by atoms with van der Waals surface area (Å²) in [5.74, 6) is -1.31. The molecule has 1 saturated carbocycles. The van der Waals surface area contributed by atoms with Crippen LogP contribution in [-0.2, 0) is 16.1 Å². The number of hydrogen-bond donors (Lipinski definition) is 2. The van der Waals surface area contributed by atoms with Gasteiger partial charge in [-0.2, -0.15) is 5.26 Å². The first-order valence-electron chi connectivity index (χ1n) is 12.9. The number of benzene rings is 1. The van der Waals surface area contributed by atoms with Gasteiger partial charge in [0.25, 0.3) is 0 Å². The molecule has 2 unspecified atom stereocenters. The molecule has 0 aromatic heterocycles. The largest absolute Gasteiger partial charge is 0.378 e. The molecule has 196 valence electrons. The summed E-state index contributed by atoms with van der Waals surface area (Å²) in [5.41, 5.74) is -0.655. The summed E-state index contributed by atoms with van der Waals surface area (Å²) in [6, 6.07) is 4.61. The third-order valence-corrected chi connectivity index (χ3v) is 7.46. The van der Waals surface area contributed by atoms with Gasteiger partial charge in [0.2, 0.25) is 5.91 Å². The highest BCUT2D eigenvalue weighted by atomic mass is 19.1. The Kier molecular flexibility index (Phi) is 8.75. The molecule has 0 radical (unpaired) electrons. The van der Waals surface area contributed by atoms with E-state index in [9.17, 15) is 23.6 Å². The molecule has 36 heavy (non-hydrogen) atoms. The number of halogens is 2. The van der Waals surface area contributed by atoms with Crippen molar-refractivity contribution in [3.8, 4) is 6.07 Å². The maximum atomic E-state index is 13.6. The molecule has 2 heterocycles. The lowest BCUT2D eigenvalue weighted by Crippen LogP contribution is -2.58. The fourth-order valence-electron chi connectivity index (χ4n) is 5.52. The maximum absolute atomic E-state index is 13.6. The fraction of sp³-hybridized carbons (Fsp3) is 0.654. The van der Waals surface area contributed by atoms with Crippen molar-refractivity contribution in [1.82, 2.24) is 20.4 Å². The Bertz CT molecular complexity index is 955. The summed E-state index contributed by atoms with van der Waals surface area (Å²) in [7, 11) is 0. The van der Waals surface area contributed by atoms with Crippen LogP contribution in [0.4, 0.5) is 13.6 Å². The first kappa shape index (κ1) is 26.3.